The molecule has 2 rings (SSSR count). The van der Waals surface area contributed by atoms with Crippen molar-refractivity contribution in [3.63, 3.8) is 0 Å². The van der Waals surface area contributed by atoms with Gasteiger partial charge in [0.05, 0.1) is 6.17 Å². The number of nitrogen functional groups attached to an aromatic ring is 1. The van der Waals surface area contributed by atoms with Crippen LogP contribution in [0, 0.1) is 11.7 Å². The van der Waals surface area contributed by atoms with Crippen molar-refractivity contribution in [2.24, 2.45) is 11.7 Å². The van der Waals surface area contributed by atoms with Gasteiger partial charge in [-0.1, -0.05) is 106 Å². The number of halogens is 1. The molecule has 38 heavy (non-hydrogen) atoms. The van der Waals surface area contributed by atoms with E-state index in [0.29, 0.717) is 5.69 Å². The molecule has 0 aromatic heterocycles. The first-order chi connectivity index (χ1) is 18.0. The molecule has 1 atom stereocenters. The van der Waals surface area contributed by atoms with E-state index in [1.54, 1.807) is 6.07 Å². The number of hydrogen-bond acceptors (Lipinski definition) is 3. The summed E-state index contributed by atoms with van der Waals surface area (Å²) < 4.78 is 12.5. The molecule has 4 heteroatoms. The summed E-state index contributed by atoms with van der Waals surface area (Å²) in [6.45, 7) is 23.4. The highest BCUT2D eigenvalue weighted by Crippen LogP contribution is 2.20. The van der Waals surface area contributed by atoms with Gasteiger partial charge in [0.25, 0.3) is 0 Å². The number of unbranched alkanes of at least 4 members (excludes halogenated alkanes) is 2. The van der Waals surface area contributed by atoms with E-state index in [1.165, 1.54) is 74.6 Å². The zero-order chi connectivity index (χ0) is 29.9. The molecule has 1 aromatic carbocycles. The Balaban J connectivity index is -0.000000424. The third kappa shape index (κ3) is 23.1. The van der Waals surface area contributed by atoms with E-state index >= 15 is 0 Å². The van der Waals surface area contributed by atoms with E-state index < -0.39 is 0 Å². The van der Waals surface area contributed by atoms with Gasteiger partial charge in [-0.05, 0) is 80.0 Å². The Bertz CT molecular complexity index is 725. The van der Waals surface area contributed by atoms with Gasteiger partial charge in [0, 0.05) is 18.9 Å². The lowest BCUT2D eigenvalue weighted by Gasteiger charge is -2.24. The first kappa shape index (κ1) is 40.4. The lowest BCUT2D eigenvalue weighted by molar-refractivity contribution is 0.386. The van der Waals surface area contributed by atoms with Crippen molar-refractivity contribution in [1.82, 2.24) is 4.90 Å². The number of rotatable bonds is 9. The summed E-state index contributed by atoms with van der Waals surface area (Å²) >= 11 is 0. The van der Waals surface area contributed by atoms with E-state index in [9.17, 15) is 4.39 Å². The minimum Gasteiger partial charge on any atom is -0.399 e. The van der Waals surface area contributed by atoms with Gasteiger partial charge in [0.2, 0.25) is 0 Å². The molecule has 0 bridgehead atoms. The average Bonchev–Trinajstić information content (AvgIpc) is 2.92. The van der Waals surface area contributed by atoms with Crippen LogP contribution in [0.1, 0.15) is 126 Å². The van der Waals surface area contributed by atoms with Gasteiger partial charge in [-0.15, -0.1) is 0 Å². The van der Waals surface area contributed by atoms with Crippen LogP contribution in [0.5, 0.6) is 0 Å². The number of aryl methyl sites for hydroxylation is 1. The number of anilines is 1. The second-order valence-corrected chi connectivity index (χ2v) is 9.88. The van der Waals surface area contributed by atoms with Crippen LogP contribution in [0.2, 0.25) is 0 Å². The standard InChI is InChI=1S/C10H20.C8H10FN.C8H14N2.2C4H10/c1-5-7-10(8-6-2)9(3)4;1-2-6-5-7(9)3-4-8(6)10;1-3-7-4-5-10(2)8(9)6-7;2*1-3-4-2/h10H,3,5-8H2,1-2,4H3;3-5H,2,10H2,1H3;4-6,8H,3,9H2,1-2H3;2*3-4H2,1-2H3. The van der Waals surface area contributed by atoms with Crippen LogP contribution < -0.4 is 11.5 Å². The minimum atomic E-state index is -0.217. The highest BCUT2D eigenvalue weighted by molar-refractivity contribution is 5.46. The molecular formula is C34H64FN3. The lowest BCUT2D eigenvalue weighted by Crippen LogP contribution is -2.35. The maximum Gasteiger partial charge on any atom is 0.123 e. The number of likely N-dealkylation sites (N-methyl/N-ethyl adjacent to an activating group) is 1. The van der Waals surface area contributed by atoms with E-state index in [4.69, 9.17) is 11.5 Å². The summed E-state index contributed by atoms with van der Waals surface area (Å²) in [6, 6.07) is 4.43. The lowest BCUT2D eigenvalue weighted by atomic mass is 9.92. The molecule has 1 heterocycles. The summed E-state index contributed by atoms with van der Waals surface area (Å²) in [6.07, 6.45) is 18.6. The molecule has 1 aromatic rings. The molecule has 0 saturated heterocycles. The fourth-order valence-electron chi connectivity index (χ4n) is 3.16. The molecule has 4 N–H and O–H groups in total. The monoisotopic (exact) mass is 534 g/mol. The Kier molecular flexibility index (Phi) is 29.7. The molecule has 0 radical (unpaired) electrons. The number of allylic oxidation sites excluding steroid dienone is 3. The number of benzene rings is 1. The van der Waals surface area contributed by atoms with E-state index in [0.717, 1.165) is 24.3 Å². The summed E-state index contributed by atoms with van der Waals surface area (Å²) in [5.74, 6) is 0.570. The second kappa shape index (κ2) is 28.0. The highest BCUT2D eigenvalue weighted by Gasteiger charge is 2.07. The fraction of sp³-hybridized carbons (Fsp3) is 0.647. The van der Waals surface area contributed by atoms with Crippen molar-refractivity contribution in [2.75, 3.05) is 12.8 Å². The van der Waals surface area contributed by atoms with E-state index in [2.05, 4.69) is 74.1 Å². The van der Waals surface area contributed by atoms with Crippen LogP contribution in [-0.4, -0.2) is 18.1 Å². The number of nitrogens with zero attached hydrogens (tertiary/aromatic N) is 1. The molecule has 1 unspecified atom stereocenters. The number of nitrogens with two attached hydrogens (primary N) is 2. The zero-order valence-corrected chi connectivity index (χ0v) is 26.9. The largest absolute Gasteiger partial charge is 0.399 e. The molecule has 1 aliphatic rings. The topological polar surface area (TPSA) is 55.3 Å². The summed E-state index contributed by atoms with van der Waals surface area (Å²) in [7, 11) is 1.98. The molecule has 0 saturated carbocycles. The Morgan fingerprint density at radius 2 is 1.39 bits per heavy atom. The fourth-order valence-corrected chi connectivity index (χ4v) is 3.16. The van der Waals surface area contributed by atoms with E-state index in [1.807, 2.05) is 25.1 Å². The summed E-state index contributed by atoms with van der Waals surface area (Å²) in [5, 5.41) is 0. The van der Waals surface area contributed by atoms with Crippen LogP contribution in [0.25, 0.3) is 0 Å². The third-order valence-electron chi connectivity index (χ3n) is 6.24. The second-order valence-electron chi connectivity index (χ2n) is 9.88. The van der Waals surface area contributed by atoms with Crippen LogP contribution in [0.3, 0.4) is 0 Å². The summed E-state index contributed by atoms with van der Waals surface area (Å²) in [4.78, 5) is 1.99. The van der Waals surface area contributed by atoms with Crippen molar-refractivity contribution < 1.29 is 4.39 Å². The maximum absolute atomic E-state index is 12.5. The first-order valence-electron chi connectivity index (χ1n) is 15.1. The van der Waals surface area contributed by atoms with Gasteiger partial charge >= 0.3 is 0 Å². The molecule has 0 aliphatic carbocycles. The predicted molar refractivity (Wildman–Crippen MR) is 173 cm³/mol. The van der Waals surface area contributed by atoms with E-state index in [-0.39, 0.29) is 12.0 Å². The van der Waals surface area contributed by atoms with Crippen LogP contribution in [-0.2, 0) is 6.42 Å². The third-order valence-corrected chi connectivity index (χ3v) is 6.24. The van der Waals surface area contributed by atoms with Gasteiger partial charge in [-0.25, -0.2) is 4.39 Å². The molecular weight excluding hydrogens is 469 g/mol. The van der Waals surface area contributed by atoms with Crippen molar-refractivity contribution in [1.29, 1.82) is 0 Å². The van der Waals surface area contributed by atoms with Crippen molar-refractivity contribution >= 4 is 5.69 Å². The quantitative estimate of drug-likeness (QED) is 0.245. The molecule has 0 amide bonds. The molecule has 222 valence electrons. The molecule has 1 aliphatic heterocycles. The van der Waals surface area contributed by atoms with Crippen LogP contribution in [0.15, 0.2) is 54.3 Å². The normalized spacial score (nSPS) is 13.4. The van der Waals surface area contributed by atoms with Gasteiger partial charge in [-0.3, -0.25) is 0 Å². The Hall–Kier alpha value is -2.07. The van der Waals surface area contributed by atoms with Gasteiger partial charge in [0.15, 0.2) is 0 Å². The molecule has 0 fully saturated rings. The van der Waals surface area contributed by atoms with Crippen molar-refractivity contribution in [3.8, 4) is 0 Å². The summed E-state index contributed by atoms with van der Waals surface area (Å²) in [5.41, 5.74) is 15.5. The average molecular weight is 534 g/mol. The Morgan fingerprint density at radius 3 is 1.71 bits per heavy atom. The smallest absolute Gasteiger partial charge is 0.123 e. The number of hydrogen-bond donors (Lipinski definition) is 2. The van der Waals surface area contributed by atoms with Crippen molar-refractivity contribution in [3.05, 3.63) is 65.7 Å². The van der Waals surface area contributed by atoms with Gasteiger partial charge in [-0.2, -0.15) is 0 Å². The van der Waals surface area contributed by atoms with Crippen molar-refractivity contribution in [2.45, 2.75) is 133 Å². The predicted octanol–water partition coefficient (Wildman–Crippen LogP) is 10.4. The van der Waals surface area contributed by atoms with Crippen LogP contribution >= 0.6 is 0 Å². The SMILES string of the molecule is C=C(C)C(CCC)CCC.CCC1=CC(N)N(C)C=C1.CCCC.CCCC.CCc1cc(F)ccc1N. The molecule has 0 spiro atoms. The van der Waals surface area contributed by atoms with Gasteiger partial charge in [0.1, 0.15) is 5.82 Å². The first-order valence-corrected chi connectivity index (χ1v) is 15.1. The molecule has 3 nitrogen and oxygen atoms in total. The Morgan fingerprint density at radius 1 is 0.895 bits per heavy atom. The highest BCUT2D eigenvalue weighted by atomic mass is 19.1. The maximum atomic E-state index is 12.5. The van der Waals surface area contributed by atoms with Crippen LogP contribution in [0.4, 0.5) is 10.1 Å². The minimum absolute atomic E-state index is 0.0694. The van der Waals surface area contributed by atoms with Gasteiger partial charge < -0.3 is 16.4 Å². The Labute approximate surface area is 237 Å². The zero-order valence-electron chi connectivity index (χ0n) is 26.9.